The van der Waals surface area contributed by atoms with E-state index in [1.807, 2.05) is 0 Å². The van der Waals surface area contributed by atoms with Crippen molar-refractivity contribution < 1.29 is 31.6 Å². The van der Waals surface area contributed by atoms with Crippen molar-refractivity contribution in [3.63, 3.8) is 0 Å². The number of hydrogen-bond acceptors (Lipinski definition) is 5. The topological polar surface area (TPSA) is 110 Å². The van der Waals surface area contributed by atoms with E-state index in [4.69, 9.17) is 5.11 Å². The van der Waals surface area contributed by atoms with Crippen LogP contribution >= 0.6 is 0 Å². The molecular weight excluding hydrogens is 305 g/mol. The average Bonchev–Trinajstić information content (AvgIpc) is 2.34. The predicted octanol–water partition coefficient (Wildman–Crippen LogP) is 0.796. The van der Waals surface area contributed by atoms with Crippen LogP contribution in [0.25, 0.3) is 0 Å². The molecule has 0 saturated heterocycles. The summed E-state index contributed by atoms with van der Waals surface area (Å²) in [5.74, 6) is 0. The third-order valence-corrected chi connectivity index (χ3v) is 3.72. The van der Waals surface area contributed by atoms with Gasteiger partial charge in [-0.1, -0.05) is 0 Å². The highest BCUT2D eigenvalue weighted by molar-refractivity contribution is 7.89. The molecule has 2 N–H and O–H groups in total. The molecule has 0 fully saturated rings. The molecule has 0 aliphatic carbocycles. The molecule has 0 bridgehead atoms. The maximum Gasteiger partial charge on any atom is 0.407 e. The quantitative estimate of drug-likeness (QED) is 0.617. The van der Waals surface area contributed by atoms with Gasteiger partial charge in [0.05, 0.1) is 16.4 Å². The van der Waals surface area contributed by atoms with Crippen LogP contribution in [0.15, 0.2) is 29.2 Å². The molecule has 11 heteroatoms. The molecule has 0 aromatic heterocycles. The number of halogens is 3. The highest BCUT2D eigenvalue weighted by atomic mass is 32.2. The van der Waals surface area contributed by atoms with E-state index in [0.717, 1.165) is 24.3 Å². The Labute approximate surface area is 111 Å². The standard InChI is InChI=1S/C9H9F3N2O5S/c10-9(11,12)8(5-15)13-20(18,19)7-3-1-6(2-4-7)14(16)17/h1-4,8,13,15H,5H2/t8-/m0/s1. The van der Waals surface area contributed by atoms with Crippen molar-refractivity contribution in [2.75, 3.05) is 6.61 Å². The minimum Gasteiger partial charge on any atom is -0.394 e. The lowest BCUT2D eigenvalue weighted by molar-refractivity contribution is -0.384. The maximum atomic E-state index is 12.4. The van der Waals surface area contributed by atoms with E-state index in [2.05, 4.69) is 0 Å². The number of non-ortho nitro benzene ring substituents is 1. The first-order valence-electron chi connectivity index (χ1n) is 5.02. The fourth-order valence-corrected chi connectivity index (χ4v) is 2.42. The second-order valence-corrected chi connectivity index (χ2v) is 5.36. The highest BCUT2D eigenvalue weighted by Gasteiger charge is 2.41. The van der Waals surface area contributed by atoms with Crippen molar-refractivity contribution in [3.8, 4) is 0 Å². The van der Waals surface area contributed by atoms with Crippen LogP contribution in [0.1, 0.15) is 0 Å². The highest BCUT2D eigenvalue weighted by Crippen LogP contribution is 2.22. The Morgan fingerprint density at radius 1 is 1.30 bits per heavy atom. The lowest BCUT2D eigenvalue weighted by atomic mass is 10.3. The normalized spacial score (nSPS) is 14.0. The second kappa shape index (κ2) is 5.73. The Morgan fingerprint density at radius 3 is 2.15 bits per heavy atom. The Morgan fingerprint density at radius 2 is 1.80 bits per heavy atom. The number of benzene rings is 1. The van der Waals surface area contributed by atoms with Gasteiger partial charge in [-0.2, -0.15) is 17.9 Å². The lowest BCUT2D eigenvalue weighted by Crippen LogP contribution is -2.47. The molecule has 1 rings (SSSR count). The predicted molar refractivity (Wildman–Crippen MR) is 60.3 cm³/mol. The van der Waals surface area contributed by atoms with Crippen LogP contribution in [0, 0.1) is 10.1 Å². The third kappa shape index (κ3) is 3.88. The van der Waals surface area contributed by atoms with Crippen molar-refractivity contribution in [2.45, 2.75) is 17.1 Å². The summed E-state index contributed by atoms with van der Waals surface area (Å²) in [6.45, 7) is -1.46. The zero-order valence-corrected chi connectivity index (χ0v) is 10.5. The van der Waals surface area contributed by atoms with Crippen molar-refractivity contribution in [2.24, 2.45) is 0 Å². The van der Waals surface area contributed by atoms with Gasteiger partial charge in [0.2, 0.25) is 10.0 Å². The summed E-state index contributed by atoms with van der Waals surface area (Å²) in [5, 5.41) is 18.9. The van der Waals surface area contributed by atoms with Gasteiger partial charge < -0.3 is 5.11 Å². The van der Waals surface area contributed by atoms with E-state index in [1.54, 1.807) is 0 Å². The minimum absolute atomic E-state index is 0.404. The van der Waals surface area contributed by atoms with Crippen LogP contribution in [0.4, 0.5) is 18.9 Å². The van der Waals surface area contributed by atoms with E-state index in [1.165, 1.54) is 4.72 Å². The number of hydrogen-bond donors (Lipinski definition) is 2. The number of nitro benzene ring substituents is 1. The van der Waals surface area contributed by atoms with Crippen molar-refractivity contribution >= 4 is 15.7 Å². The molecule has 0 heterocycles. The number of aliphatic hydroxyl groups is 1. The van der Waals surface area contributed by atoms with Gasteiger partial charge in [-0.05, 0) is 12.1 Å². The Balaban J connectivity index is 3.02. The molecule has 0 aliphatic rings. The van der Waals surface area contributed by atoms with E-state index < -0.39 is 44.4 Å². The maximum absolute atomic E-state index is 12.4. The van der Waals surface area contributed by atoms with Gasteiger partial charge in [0, 0.05) is 12.1 Å². The van der Waals surface area contributed by atoms with Gasteiger partial charge in [0.25, 0.3) is 5.69 Å². The van der Waals surface area contributed by atoms with Gasteiger partial charge in [-0.25, -0.2) is 8.42 Å². The zero-order valence-electron chi connectivity index (χ0n) is 9.66. The van der Waals surface area contributed by atoms with Crippen LogP contribution in [0.5, 0.6) is 0 Å². The first-order chi connectivity index (χ1) is 9.08. The number of sulfonamides is 1. The van der Waals surface area contributed by atoms with Crippen LogP contribution < -0.4 is 4.72 Å². The molecule has 20 heavy (non-hydrogen) atoms. The number of nitrogens with one attached hydrogen (secondary N) is 1. The van der Waals surface area contributed by atoms with E-state index >= 15 is 0 Å². The molecule has 0 spiro atoms. The van der Waals surface area contributed by atoms with E-state index in [9.17, 15) is 31.7 Å². The third-order valence-electron chi connectivity index (χ3n) is 2.23. The monoisotopic (exact) mass is 314 g/mol. The van der Waals surface area contributed by atoms with Crippen molar-refractivity contribution in [3.05, 3.63) is 34.4 Å². The molecule has 1 aromatic carbocycles. The zero-order chi connectivity index (χ0) is 15.6. The fourth-order valence-electron chi connectivity index (χ4n) is 1.21. The Kier molecular flexibility index (Phi) is 4.68. The van der Waals surface area contributed by atoms with Crippen molar-refractivity contribution in [1.29, 1.82) is 0 Å². The summed E-state index contributed by atoms with van der Waals surface area (Å²) in [7, 11) is -4.55. The Hall–Kier alpha value is -1.72. The number of rotatable bonds is 5. The summed E-state index contributed by atoms with van der Waals surface area (Å²) in [6, 6.07) is 0.630. The first kappa shape index (κ1) is 16.3. The largest absolute Gasteiger partial charge is 0.407 e. The smallest absolute Gasteiger partial charge is 0.394 e. The van der Waals surface area contributed by atoms with Crippen LogP contribution in [0.3, 0.4) is 0 Å². The van der Waals surface area contributed by atoms with E-state index in [-0.39, 0.29) is 0 Å². The summed E-state index contributed by atoms with van der Waals surface area (Å²) in [5.41, 5.74) is -0.404. The number of alkyl halides is 3. The van der Waals surface area contributed by atoms with Gasteiger partial charge in [0.1, 0.15) is 6.04 Å². The minimum atomic E-state index is -4.96. The molecule has 1 aromatic rings. The van der Waals surface area contributed by atoms with Gasteiger partial charge in [-0.15, -0.1) is 0 Å². The molecule has 112 valence electrons. The molecule has 1 atom stereocenters. The second-order valence-electron chi connectivity index (χ2n) is 3.65. The molecule has 7 nitrogen and oxygen atoms in total. The number of nitrogens with zero attached hydrogens (tertiary/aromatic N) is 1. The van der Waals surface area contributed by atoms with Gasteiger partial charge in [-0.3, -0.25) is 10.1 Å². The number of nitro groups is 1. The summed E-state index contributed by atoms with van der Waals surface area (Å²) >= 11 is 0. The first-order valence-corrected chi connectivity index (χ1v) is 6.50. The number of aliphatic hydroxyl groups excluding tert-OH is 1. The lowest BCUT2D eigenvalue weighted by Gasteiger charge is -2.19. The summed E-state index contributed by atoms with van der Waals surface area (Å²) in [4.78, 5) is 9.02. The fraction of sp³-hybridized carbons (Fsp3) is 0.333. The molecule has 0 unspecified atom stereocenters. The molecule has 0 amide bonds. The van der Waals surface area contributed by atoms with Crippen LogP contribution in [-0.4, -0.2) is 37.3 Å². The summed E-state index contributed by atoms with van der Waals surface area (Å²) in [6.07, 6.45) is -4.96. The molecular formula is C9H9F3N2O5S. The summed E-state index contributed by atoms with van der Waals surface area (Å²) < 4.78 is 61.6. The SMILES string of the molecule is O=[N+]([O-])c1ccc(S(=O)(=O)N[C@@H](CO)C(F)(F)F)cc1. The van der Waals surface area contributed by atoms with E-state index in [0.29, 0.717) is 0 Å². The van der Waals surface area contributed by atoms with Crippen molar-refractivity contribution in [1.82, 2.24) is 4.72 Å². The van der Waals surface area contributed by atoms with Gasteiger partial charge in [0.15, 0.2) is 0 Å². The molecule has 0 aliphatic heterocycles. The van der Waals surface area contributed by atoms with Gasteiger partial charge >= 0.3 is 6.18 Å². The van der Waals surface area contributed by atoms with Crippen LogP contribution in [0.2, 0.25) is 0 Å². The molecule has 0 saturated carbocycles. The molecule has 0 radical (unpaired) electrons. The average molecular weight is 314 g/mol. The van der Waals surface area contributed by atoms with Crippen LogP contribution in [-0.2, 0) is 10.0 Å². The Bertz CT molecular complexity index is 585.